The van der Waals surface area contributed by atoms with Crippen LogP contribution in [0.4, 0.5) is 11.4 Å². The van der Waals surface area contributed by atoms with Gasteiger partial charge in [-0.3, -0.25) is 0 Å². The van der Waals surface area contributed by atoms with Crippen molar-refractivity contribution in [2.75, 3.05) is 37.8 Å². The summed E-state index contributed by atoms with van der Waals surface area (Å²) in [4.78, 5) is 13.8. The normalized spacial score (nSPS) is 10.9. The fraction of sp³-hybridized carbons (Fsp3) is 0.533. The molecule has 5 heteroatoms. The topological polar surface area (TPSA) is 67.6 Å². The summed E-state index contributed by atoms with van der Waals surface area (Å²) < 4.78 is 4.94. The van der Waals surface area contributed by atoms with Crippen molar-refractivity contribution < 1.29 is 9.53 Å². The second-order valence-electron chi connectivity index (χ2n) is 5.02. The number of hydrogen-bond donors (Lipinski definition) is 2. The first kappa shape index (κ1) is 16.3. The zero-order chi connectivity index (χ0) is 15.1. The predicted octanol–water partition coefficient (Wildman–Crippen LogP) is 2.20. The van der Waals surface area contributed by atoms with Crippen LogP contribution in [0.3, 0.4) is 0 Å². The van der Waals surface area contributed by atoms with E-state index in [9.17, 15) is 4.79 Å². The summed E-state index contributed by atoms with van der Waals surface area (Å²) in [7, 11) is 2.08. The average Bonchev–Trinajstić information content (AvgIpc) is 2.40. The summed E-state index contributed by atoms with van der Waals surface area (Å²) in [6.07, 6.45) is 0. The number of anilines is 2. The van der Waals surface area contributed by atoms with Crippen LogP contribution in [0.5, 0.6) is 0 Å². The fourth-order valence-electron chi connectivity index (χ4n) is 1.69. The summed E-state index contributed by atoms with van der Waals surface area (Å²) in [6, 6.07) is 5.70. The van der Waals surface area contributed by atoms with E-state index in [0.717, 1.165) is 18.8 Å². The van der Waals surface area contributed by atoms with E-state index >= 15 is 0 Å². The predicted molar refractivity (Wildman–Crippen MR) is 83.1 cm³/mol. The van der Waals surface area contributed by atoms with Crippen molar-refractivity contribution in [1.29, 1.82) is 0 Å². The number of carbonyl (C=O) groups excluding carboxylic acids is 1. The molecule has 1 aromatic carbocycles. The molecule has 112 valence electrons. The number of likely N-dealkylation sites (N-methyl/N-ethyl adjacent to an activating group) is 1. The summed E-state index contributed by atoms with van der Waals surface area (Å²) in [5.74, 6) is -0.342. The van der Waals surface area contributed by atoms with Gasteiger partial charge in [-0.1, -0.05) is 0 Å². The van der Waals surface area contributed by atoms with Gasteiger partial charge in [-0.15, -0.1) is 0 Å². The third-order valence-corrected chi connectivity index (χ3v) is 3.22. The Hall–Kier alpha value is -1.75. The summed E-state index contributed by atoms with van der Waals surface area (Å²) >= 11 is 0. The largest absolute Gasteiger partial charge is 0.462 e. The number of hydrogen-bond acceptors (Lipinski definition) is 5. The number of nitrogen functional groups attached to an aromatic ring is 1. The van der Waals surface area contributed by atoms with E-state index in [0.29, 0.717) is 23.9 Å². The average molecular weight is 279 g/mol. The quantitative estimate of drug-likeness (QED) is 0.591. The van der Waals surface area contributed by atoms with Gasteiger partial charge < -0.3 is 20.7 Å². The molecule has 0 saturated heterocycles. The molecule has 0 fully saturated rings. The number of carbonyl (C=O) groups is 1. The highest BCUT2D eigenvalue weighted by Gasteiger charge is 2.09. The van der Waals surface area contributed by atoms with Gasteiger partial charge in [-0.25, -0.2) is 4.79 Å². The SMILES string of the molecule is CCOC(=O)c1ccc(NCCN(C)C(C)C)c(N)c1. The van der Waals surface area contributed by atoms with Gasteiger partial charge in [0.25, 0.3) is 0 Å². The van der Waals surface area contributed by atoms with Gasteiger partial charge >= 0.3 is 5.97 Å². The Morgan fingerprint density at radius 1 is 1.45 bits per heavy atom. The maximum Gasteiger partial charge on any atom is 0.338 e. The van der Waals surface area contributed by atoms with Crippen molar-refractivity contribution in [3.8, 4) is 0 Å². The Kier molecular flexibility index (Phi) is 6.31. The van der Waals surface area contributed by atoms with Gasteiger partial charge in [0.2, 0.25) is 0 Å². The number of nitrogens with zero attached hydrogens (tertiary/aromatic N) is 1. The molecular formula is C15H25N3O2. The van der Waals surface area contributed by atoms with Gasteiger partial charge in [0.05, 0.1) is 23.5 Å². The number of nitrogens with one attached hydrogen (secondary N) is 1. The molecule has 0 aliphatic rings. The first-order chi connectivity index (χ1) is 9.45. The Labute approximate surface area is 121 Å². The first-order valence-corrected chi connectivity index (χ1v) is 6.96. The van der Waals surface area contributed by atoms with E-state index in [1.54, 1.807) is 19.1 Å². The lowest BCUT2D eigenvalue weighted by atomic mass is 10.1. The number of ether oxygens (including phenoxy) is 1. The number of esters is 1. The molecule has 0 aliphatic carbocycles. The second kappa shape index (κ2) is 7.75. The molecule has 20 heavy (non-hydrogen) atoms. The minimum atomic E-state index is -0.342. The van der Waals surface area contributed by atoms with Crippen LogP contribution in [0.1, 0.15) is 31.1 Å². The Morgan fingerprint density at radius 3 is 2.70 bits per heavy atom. The van der Waals surface area contributed by atoms with E-state index in [1.807, 2.05) is 6.07 Å². The van der Waals surface area contributed by atoms with Crippen LogP contribution >= 0.6 is 0 Å². The number of rotatable bonds is 7. The Balaban J connectivity index is 2.58. The summed E-state index contributed by atoms with van der Waals surface area (Å²) in [5, 5.41) is 3.28. The van der Waals surface area contributed by atoms with Gasteiger partial charge in [-0.05, 0) is 46.0 Å². The highest BCUT2D eigenvalue weighted by molar-refractivity contribution is 5.91. The van der Waals surface area contributed by atoms with Crippen LogP contribution < -0.4 is 11.1 Å². The van der Waals surface area contributed by atoms with E-state index in [1.165, 1.54) is 0 Å². The van der Waals surface area contributed by atoms with Crippen LogP contribution in [0.15, 0.2) is 18.2 Å². The minimum absolute atomic E-state index is 0.342. The molecule has 1 rings (SSSR count). The van der Waals surface area contributed by atoms with Crippen molar-refractivity contribution in [2.24, 2.45) is 0 Å². The second-order valence-corrected chi connectivity index (χ2v) is 5.02. The minimum Gasteiger partial charge on any atom is -0.462 e. The zero-order valence-electron chi connectivity index (χ0n) is 12.8. The van der Waals surface area contributed by atoms with Crippen LogP contribution in [0, 0.1) is 0 Å². The molecule has 1 aromatic rings. The van der Waals surface area contributed by atoms with Crippen LogP contribution in [-0.2, 0) is 4.74 Å². The molecule has 0 unspecified atom stereocenters. The standard InChI is InChI=1S/C15H25N3O2/c1-5-20-15(19)12-6-7-14(13(16)10-12)17-8-9-18(4)11(2)3/h6-7,10-11,17H,5,8-9,16H2,1-4H3. The van der Waals surface area contributed by atoms with Crippen molar-refractivity contribution in [3.63, 3.8) is 0 Å². The fourth-order valence-corrected chi connectivity index (χ4v) is 1.69. The molecule has 0 spiro atoms. The van der Waals surface area contributed by atoms with E-state index in [2.05, 4.69) is 31.1 Å². The molecule has 0 aromatic heterocycles. The molecule has 0 radical (unpaired) electrons. The first-order valence-electron chi connectivity index (χ1n) is 6.96. The van der Waals surface area contributed by atoms with Crippen molar-refractivity contribution >= 4 is 17.3 Å². The summed E-state index contributed by atoms with van der Waals surface area (Å²) in [6.45, 7) is 8.18. The molecule has 0 heterocycles. The van der Waals surface area contributed by atoms with Crippen molar-refractivity contribution in [3.05, 3.63) is 23.8 Å². The van der Waals surface area contributed by atoms with Crippen LogP contribution in [0.2, 0.25) is 0 Å². The smallest absolute Gasteiger partial charge is 0.338 e. The highest BCUT2D eigenvalue weighted by atomic mass is 16.5. The van der Waals surface area contributed by atoms with Crippen molar-refractivity contribution in [1.82, 2.24) is 4.90 Å². The van der Waals surface area contributed by atoms with Crippen LogP contribution in [0.25, 0.3) is 0 Å². The third-order valence-electron chi connectivity index (χ3n) is 3.22. The third kappa shape index (κ3) is 4.74. The van der Waals surface area contributed by atoms with Gasteiger partial charge in [-0.2, -0.15) is 0 Å². The molecule has 0 atom stereocenters. The molecule has 0 aliphatic heterocycles. The lowest BCUT2D eigenvalue weighted by molar-refractivity contribution is 0.0526. The molecular weight excluding hydrogens is 254 g/mol. The molecule has 0 bridgehead atoms. The Morgan fingerprint density at radius 2 is 2.15 bits per heavy atom. The molecule has 5 nitrogen and oxygen atoms in total. The van der Waals surface area contributed by atoms with Crippen LogP contribution in [-0.4, -0.2) is 43.7 Å². The van der Waals surface area contributed by atoms with Gasteiger partial charge in [0.15, 0.2) is 0 Å². The molecule has 3 N–H and O–H groups in total. The lowest BCUT2D eigenvalue weighted by Gasteiger charge is -2.21. The number of nitrogens with two attached hydrogens (primary N) is 1. The van der Waals surface area contributed by atoms with E-state index in [-0.39, 0.29) is 5.97 Å². The number of benzene rings is 1. The van der Waals surface area contributed by atoms with Crippen molar-refractivity contribution in [2.45, 2.75) is 26.8 Å². The highest BCUT2D eigenvalue weighted by Crippen LogP contribution is 2.20. The summed E-state index contributed by atoms with van der Waals surface area (Å²) in [5.41, 5.74) is 7.83. The van der Waals surface area contributed by atoms with Gasteiger partial charge in [0.1, 0.15) is 0 Å². The zero-order valence-corrected chi connectivity index (χ0v) is 12.8. The van der Waals surface area contributed by atoms with Gasteiger partial charge in [0, 0.05) is 19.1 Å². The molecule has 0 amide bonds. The Bertz CT molecular complexity index is 447. The lowest BCUT2D eigenvalue weighted by Crippen LogP contribution is -2.31. The molecule has 0 saturated carbocycles. The van der Waals surface area contributed by atoms with E-state index < -0.39 is 0 Å². The maximum absolute atomic E-state index is 11.6. The van der Waals surface area contributed by atoms with E-state index in [4.69, 9.17) is 10.5 Å². The maximum atomic E-state index is 11.6. The monoisotopic (exact) mass is 279 g/mol.